The molecule has 11 heteroatoms. The molecule has 0 aliphatic carbocycles. The van der Waals surface area contributed by atoms with Gasteiger partial charge in [-0.2, -0.15) is 5.10 Å². The molecule has 2 amide bonds. The average Bonchev–Trinajstić information content (AvgIpc) is 3.19. The maximum Gasteiger partial charge on any atom is 0.329 e. The Kier molecular flexibility index (Phi) is 6.41. The predicted octanol–water partition coefficient (Wildman–Crippen LogP) is 4.04. The van der Waals surface area contributed by atoms with Gasteiger partial charge in [0.15, 0.2) is 0 Å². The van der Waals surface area contributed by atoms with Crippen molar-refractivity contribution in [2.24, 2.45) is 5.10 Å². The van der Waals surface area contributed by atoms with Gasteiger partial charge in [-0.3, -0.25) is 19.7 Å². The van der Waals surface area contributed by atoms with Crippen LogP contribution in [0.5, 0.6) is 0 Å². The summed E-state index contributed by atoms with van der Waals surface area (Å²) in [6.07, 6.45) is 1.16. The number of nitro benzene ring substituents is 1. The minimum Gasteiger partial charge on any atom is -0.455 e. The van der Waals surface area contributed by atoms with Crippen molar-refractivity contribution in [2.75, 3.05) is 5.32 Å². The quantitative estimate of drug-likeness (QED) is 0.265. The molecule has 0 fully saturated rings. The fraction of sp³-hybridized carbons (Fsp3) is 0.0500. The lowest BCUT2D eigenvalue weighted by Crippen LogP contribution is -2.32. The van der Waals surface area contributed by atoms with E-state index in [2.05, 4.69) is 10.4 Å². The van der Waals surface area contributed by atoms with Gasteiger partial charge in [0.2, 0.25) is 0 Å². The summed E-state index contributed by atoms with van der Waals surface area (Å²) in [5.41, 5.74) is 3.10. The number of halogens is 2. The van der Waals surface area contributed by atoms with Gasteiger partial charge in [0.05, 0.1) is 16.2 Å². The van der Waals surface area contributed by atoms with Crippen molar-refractivity contribution in [3.8, 4) is 11.3 Å². The van der Waals surface area contributed by atoms with Crippen LogP contribution in [0.2, 0.25) is 5.02 Å². The molecule has 0 spiro atoms. The summed E-state index contributed by atoms with van der Waals surface area (Å²) in [6, 6.07) is 11.2. The molecular weight excluding hydrogens is 431 g/mol. The Bertz CT molecular complexity index is 1210. The van der Waals surface area contributed by atoms with Crippen LogP contribution in [0, 0.1) is 22.9 Å². The third kappa shape index (κ3) is 5.11. The van der Waals surface area contributed by atoms with Gasteiger partial charge in [-0.1, -0.05) is 23.7 Å². The topological polar surface area (TPSA) is 127 Å². The number of rotatable bonds is 5. The van der Waals surface area contributed by atoms with Gasteiger partial charge in [0.1, 0.15) is 17.3 Å². The summed E-state index contributed by atoms with van der Waals surface area (Å²) in [6.45, 7) is 1.61. The first-order chi connectivity index (χ1) is 14.8. The molecule has 9 nitrogen and oxygen atoms in total. The van der Waals surface area contributed by atoms with Crippen LogP contribution in [0.15, 0.2) is 58.0 Å². The zero-order chi connectivity index (χ0) is 22.5. The first-order valence-electron chi connectivity index (χ1n) is 8.70. The molecule has 0 atom stereocenters. The fourth-order valence-corrected chi connectivity index (χ4v) is 2.80. The molecule has 0 aliphatic rings. The lowest BCUT2D eigenvalue weighted by atomic mass is 10.1. The fourth-order valence-electron chi connectivity index (χ4n) is 2.62. The summed E-state index contributed by atoms with van der Waals surface area (Å²) in [5.74, 6) is -2.15. The van der Waals surface area contributed by atoms with Gasteiger partial charge in [0.25, 0.3) is 5.69 Å². The highest BCUT2D eigenvalue weighted by Crippen LogP contribution is 2.30. The van der Waals surface area contributed by atoms with Crippen molar-refractivity contribution in [2.45, 2.75) is 6.92 Å². The van der Waals surface area contributed by atoms with E-state index in [1.807, 2.05) is 5.43 Å². The van der Waals surface area contributed by atoms with Crippen LogP contribution in [-0.4, -0.2) is 23.0 Å². The normalized spacial score (nSPS) is 10.8. The van der Waals surface area contributed by atoms with E-state index >= 15 is 0 Å². The Morgan fingerprint density at radius 3 is 2.68 bits per heavy atom. The van der Waals surface area contributed by atoms with Crippen molar-refractivity contribution in [1.29, 1.82) is 0 Å². The largest absolute Gasteiger partial charge is 0.455 e. The van der Waals surface area contributed by atoms with Gasteiger partial charge in [-0.25, -0.2) is 9.82 Å². The number of carbonyl (C=O) groups excluding carboxylic acids is 2. The third-order valence-corrected chi connectivity index (χ3v) is 4.43. The molecule has 0 unspecified atom stereocenters. The zero-order valence-electron chi connectivity index (χ0n) is 15.9. The second-order valence-electron chi connectivity index (χ2n) is 6.19. The van der Waals surface area contributed by atoms with Crippen LogP contribution >= 0.6 is 11.6 Å². The van der Waals surface area contributed by atoms with E-state index in [1.165, 1.54) is 12.1 Å². The maximum absolute atomic E-state index is 13.1. The Hall–Kier alpha value is -4.05. The molecule has 0 saturated carbocycles. The third-order valence-electron chi connectivity index (χ3n) is 4.14. The number of hydrogen-bond acceptors (Lipinski definition) is 6. The van der Waals surface area contributed by atoms with Crippen molar-refractivity contribution in [3.63, 3.8) is 0 Å². The highest BCUT2D eigenvalue weighted by molar-refractivity contribution is 6.39. The molecular formula is C20H14ClFN4O5. The van der Waals surface area contributed by atoms with E-state index in [9.17, 15) is 24.1 Å². The molecule has 1 heterocycles. The molecule has 2 aromatic carbocycles. The second kappa shape index (κ2) is 9.18. The van der Waals surface area contributed by atoms with Crippen LogP contribution < -0.4 is 10.7 Å². The number of nitrogens with zero attached hydrogens (tertiary/aromatic N) is 2. The number of carbonyl (C=O) groups is 2. The average molecular weight is 445 g/mol. The van der Waals surface area contributed by atoms with Crippen LogP contribution in [0.1, 0.15) is 11.3 Å². The molecule has 0 radical (unpaired) electrons. The van der Waals surface area contributed by atoms with Crippen molar-refractivity contribution < 1.29 is 23.3 Å². The van der Waals surface area contributed by atoms with E-state index in [1.54, 1.807) is 31.2 Å². The zero-order valence-corrected chi connectivity index (χ0v) is 16.6. The number of hydrazone groups is 1. The van der Waals surface area contributed by atoms with E-state index in [0.29, 0.717) is 16.9 Å². The summed E-state index contributed by atoms with van der Waals surface area (Å²) < 4.78 is 18.7. The highest BCUT2D eigenvalue weighted by atomic mass is 35.5. The number of nitro groups is 1. The van der Waals surface area contributed by atoms with E-state index in [0.717, 1.165) is 18.3 Å². The molecule has 2 N–H and O–H groups in total. The van der Waals surface area contributed by atoms with Crippen LogP contribution in [0.4, 0.5) is 15.8 Å². The monoisotopic (exact) mass is 444 g/mol. The van der Waals surface area contributed by atoms with Crippen LogP contribution in [0.25, 0.3) is 11.3 Å². The number of benzene rings is 2. The minimum atomic E-state index is -1.07. The number of amides is 2. The van der Waals surface area contributed by atoms with Gasteiger partial charge >= 0.3 is 11.8 Å². The lowest BCUT2D eigenvalue weighted by Gasteiger charge is -2.04. The number of anilines is 1. The van der Waals surface area contributed by atoms with Crippen molar-refractivity contribution in [1.82, 2.24) is 5.43 Å². The molecule has 31 heavy (non-hydrogen) atoms. The van der Waals surface area contributed by atoms with Crippen LogP contribution in [0.3, 0.4) is 0 Å². The standard InChI is InChI=1S/C20H14ClFN4O5/c1-11-14(3-2-4-17(11)26(29)30)18-8-6-13(31-18)10-23-25-20(28)19(27)24-12-5-7-16(22)15(21)9-12/h2-10H,1H3,(H,24,27)(H,25,28)/b23-10+. The van der Waals surface area contributed by atoms with E-state index < -0.39 is 22.6 Å². The second-order valence-corrected chi connectivity index (χ2v) is 6.60. The first-order valence-corrected chi connectivity index (χ1v) is 9.07. The van der Waals surface area contributed by atoms with Crippen LogP contribution in [-0.2, 0) is 9.59 Å². The first kappa shape index (κ1) is 21.7. The highest BCUT2D eigenvalue weighted by Gasteiger charge is 2.17. The Balaban J connectivity index is 1.63. The molecule has 1 aromatic heterocycles. The number of nitrogens with one attached hydrogen (secondary N) is 2. The molecule has 0 saturated heterocycles. The molecule has 3 aromatic rings. The lowest BCUT2D eigenvalue weighted by molar-refractivity contribution is -0.385. The van der Waals surface area contributed by atoms with Crippen molar-refractivity contribution in [3.05, 3.63) is 80.8 Å². The predicted molar refractivity (Wildman–Crippen MR) is 111 cm³/mol. The number of hydrogen-bond donors (Lipinski definition) is 2. The van der Waals surface area contributed by atoms with Gasteiger partial charge in [0, 0.05) is 22.9 Å². The van der Waals surface area contributed by atoms with E-state index in [-0.39, 0.29) is 22.2 Å². The number of furan rings is 1. The summed E-state index contributed by atoms with van der Waals surface area (Å²) in [4.78, 5) is 34.3. The van der Waals surface area contributed by atoms with E-state index in [4.69, 9.17) is 16.0 Å². The molecule has 0 aliphatic heterocycles. The molecule has 0 bridgehead atoms. The maximum atomic E-state index is 13.1. The summed E-state index contributed by atoms with van der Waals surface area (Å²) >= 11 is 5.61. The Morgan fingerprint density at radius 1 is 1.19 bits per heavy atom. The minimum absolute atomic E-state index is 0.0372. The van der Waals surface area contributed by atoms with Crippen molar-refractivity contribution >= 4 is 41.0 Å². The van der Waals surface area contributed by atoms with Gasteiger partial charge in [-0.05, 0) is 37.3 Å². The molecule has 158 valence electrons. The summed E-state index contributed by atoms with van der Waals surface area (Å²) in [7, 11) is 0. The smallest absolute Gasteiger partial charge is 0.329 e. The van der Waals surface area contributed by atoms with Gasteiger partial charge in [-0.15, -0.1) is 0 Å². The Morgan fingerprint density at radius 2 is 1.97 bits per heavy atom. The molecule has 3 rings (SSSR count). The Labute approximate surface area is 179 Å². The summed E-state index contributed by atoms with van der Waals surface area (Å²) in [5, 5.41) is 16.8. The van der Waals surface area contributed by atoms with Gasteiger partial charge < -0.3 is 9.73 Å². The SMILES string of the molecule is Cc1c(-c2ccc(/C=N/NC(=O)C(=O)Nc3ccc(F)c(Cl)c3)o2)cccc1[N+](=O)[O-].